The van der Waals surface area contributed by atoms with Gasteiger partial charge in [-0.05, 0) is 36.8 Å². The largest absolute Gasteiger partial charge is 0.383 e. The summed E-state index contributed by atoms with van der Waals surface area (Å²) in [5.74, 6) is -0.756. The van der Waals surface area contributed by atoms with E-state index < -0.39 is 15.8 Å². The Bertz CT molecular complexity index is 751. The third-order valence-corrected chi connectivity index (χ3v) is 5.19. The Morgan fingerprint density at radius 1 is 1.26 bits per heavy atom. The molecule has 0 radical (unpaired) electrons. The van der Waals surface area contributed by atoms with E-state index in [2.05, 4.69) is 4.98 Å². The minimum absolute atomic E-state index is 0.0554. The first-order valence-corrected chi connectivity index (χ1v) is 8.54. The minimum Gasteiger partial charge on any atom is -0.383 e. The molecule has 0 unspecified atom stereocenters. The van der Waals surface area contributed by atoms with E-state index in [-0.39, 0.29) is 24.6 Å². The summed E-state index contributed by atoms with van der Waals surface area (Å²) in [6.45, 7) is 2.08. The number of nitrogens with zero attached hydrogens (tertiary/aromatic N) is 2. The number of benzene rings is 1. The molecule has 0 atom stereocenters. The number of sulfonamides is 1. The van der Waals surface area contributed by atoms with Gasteiger partial charge in [0.2, 0.25) is 10.0 Å². The highest BCUT2D eigenvalue weighted by Crippen LogP contribution is 2.21. The van der Waals surface area contributed by atoms with Gasteiger partial charge in [0, 0.05) is 19.9 Å². The quantitative estimate of drug-likeness (QED) is 0.778. The average Bonchev–Trinajstić information content (AvgIpc) is 2.52. The van der Waals surface area contributed by atoms with Crippen molar-refractivity contribution < 1.29 is 17.5 Å². The summed E-state index contributed by atoms with van der Waals surface area (Å²) >= 11 is 0. The molecule has 0 saturated heterocycles. The van der Waals surface area contributed by atoms with Gasteiger partial charge >= 0.3 is 0 Å². The Labute approximate surface area is 135 Å². The van der Waals surface area contributed by atoms with E-state index in [4.69, 9.17) is 4.74 Å². The van der Waals surface area contributed by atoms with Crippen LogP contribution in [0.5, 0.6) is 0 Å². The number of hydrogen-bond donors (Lipinski definition) is 0. The van der Waals surface area contributed by atoms with Gasteiger partial charge in [0.25, 0.3) is 0 Å². The summed E-state index contributed by atoms with van der Waals surface area (Å²) < 4.78 is 45.8. The molecule has 1 aromatic carbocycles. The van der Waals surface area contributed by atoms with Crippen molar-refractivity contribution in [2.75, 3.05) is 20.3 Å². The van der Waals surface area contributed by atoms with E-state index in [9.17, 15) is 12.8 Å². The van der Waals surface area contributed by atoms with Crippen LogP contribution >= 0.6 is 0 Å². The molecule has 0 aliphatic heterocycles. The van der Waals surface area contributed by atoms with Crippen molar-refractivity contribution in [2.24, 2.45) is 0 Å². The van der Waals surface area contributed by atoms with Gasteiger partial charge in [-0.25, -0.2) is 12.8 Å². The van der Waals surface area contributed by atoms with Crippen molar-refractivity contribution in [3.05, 3.63) is 59.7 Å². The van der Waals surface area contributed by atoms with Gasteiger partial charge in [-0.2, -0.15) is 4.31 Å². The predicted molar refractivity (Wildman–Crippen MR) is 84.8 cm³/mol. The number of hydrogen-bond acceptors (Lipinski definition) is 4. The Kier molecular flexibility index (Phi) is 5.81. The molecule has 5 nitrogen and oxygen atoms in total. The first kappa shape index (κ1) is 17.5. The summed E-state index contributed by atoms with van der Waals surface area (Å²) in [7, 11) is -2.50. The zero-order chi connectivity index (χ0) is 16.9. The van der Waals surface area contributed by atoms with Gasteiger partial charge in [-0.15, -0.1) is 0 Å². The third-order valence-electron chi connectivity index (χ3n) is 3.31. The monoisotopic (exact) mass is 338 g/mol. The Morgan fingerprint density at radius 3 is 2.65 bits per heavy atom. The second-order valence-electron chi connectivity index (χ2n) is 5.09. The molecule has 124 valence electrons. The molecule has 2 rings (SSSR count). The fraction of sp³-hybridized carbons (Fsp3) is 0.312. The highest BCUT2D eigenvalue weighted by atomic mass is 32.2. The van der Waals surface area contributed by atoms with Crippen molar-refractivity contribution in [3.63, 3.8) is 0 Å². The molecule has 0 fully saturated rings. The van der Waals surface area contributed by atoms with Crippen molar-refractivity contribution in [1.29, 1.82) is 0 Å². The highest BCUT2D eigenvalue weighted by Gasteiger charge is 2.27. The molecule has 23 heavy (non-hydrogen) atoms. The topological polar surface area (TPSA) is 59.5 Å². The molecule has 1 heterocycles. The summed E-state index contributed by atoms with van der Waals surface area (Å²) in [5, 5.41) is 0. The maximum absolute atomic E-state index is 14.1. The number of aromatic nitrogens is 1. The number of methoxy groups -OCH3 is 1. The maximum atomic E-state index is 14.1. The normalized spacial score (nSPS) is 11.8. The molecule has 0 N–H and O–H groups in total. The van der Waals surface area contributed by atoms with Crippen LogP contribution < -0.4 is 0 Å². The zero-order valence-corrected chi connectivity index (χ0v) is 13.9. The van der Waals surface area contributed by atoms with Crippen LogP contribution in [0.2, 0.25) is 0 Å². The van der Waals surface area contributed by atoms with Crippen LogP contribution in [0.15, 0.2) is 47.5 Å². The molecule has 2 aromatic rings. The van der Waals surface area contributed by atoms with Gasteiger partial charge < -0.3 is 4.74 Å². The van der Waals surface area contributed by atoms with E-state index in [1.807, 2.05) is 0 Å². The molecular weight excluding hydrogens is 319 g/mol. The first-order chi connectivity index (χ1) is 10.9. The second kappa shape index (κ2) is 7.63. The SMILES string of the molecule is COCCN(Cc1ccccn1)S(=O)(=O)c1ccc(C)cc1F. The summed E-state index contributed by atoms with van der Waals surface area (Å²) in [6, 6.07) is 9.32. The standard InChI is InChI=1S/C16H19FN2O3S/c1-13-6-7-16(15(17)11-13)23(20,21)19(9-10-22-2)12-14-5-3-4-8-18-14/h3-8,11H,9-10,12H2,1-2H3. The summed E-state index contributed by atoms with van der Waals surface area (Å²) in [6.07, 6.45) is 1.59. The van der Waals surface area contributed by atoms with E-state index >= 15 is 0 Å². The van der Waals surface area contributed by atoms with Gasteiger partial charge in [-0.1, -0.05) is 12.1 Å². The number of rotatable bonds is 7. The van der Waals surface area contributed by atoms with Gasteiger partial charge in [0.05, 0.1) is 18.8 Å². The zero-order valence-electron chi connectivity index (χ0n) is 13.1. The third kappa shape index (κ3) is 4.34. The molecule has 0 spiro atoms. The first-order valence-electron chi connectivity index (χ1n) is 7.10. The number of halogens is 1. The minimum atomic E-state index is -3.98. The highest BCUT2D eigenvalue weighted by molar-refractivity contribution is 7.89. The van der Waals surface area contributed by atoms with E-state index in [1.165, 1.54) is 23.5 Å². The fourth-order valence-electron chi connectivity index (χ4n) is 2.10. The van der Waals surface area contributed by atoms with Crippen molar-refractivity contribution in [3.8, 4) is 0 Å². The average molecular weight is 338 g/mol. The van der Waals surface area contributed by atoms with E-state index in [0.717, 1.165) is 0 Å². The second-order valence-corrected chi connectivity index (χ2v) is 6.99. The van der Waals surface area contributed by atoms with Crippen LogP contribution in [0.25, 0.3) is 0 Å². The Balaban J connectivity index is 2.36. The molecular formula is C16H19FN2O3S. The fourth-order valence-corrected chi connectivity index (χ4v) is 3.54. The van der Waals surface area contributed by atoms with Crippen molar-refractivity contribution >= 4 is 10.0 Å². The van der Waals surface area contributed by atoms with Gasteiger partial charge in [0.15, 0.2) is 0 Å². The molecule has 7 heteroatoms. The van der Waals surface area contributed by atoms with Crippen LogP contribution in [-0.2, 0) is 21.3 Å². The van der Waals surface area contributed by atoms with Crippen LogP contribution in [0, 0.1) is 12.7 Å². The van der Waals surface area contributed by atoms with Crippen LogP contribution in [0.1, 0.15) is 11.3 Å². The van der Waals surface area contributed by atoms with Crippen molar-refractivity contribution in [2.45, 2.75) is 18.4 Å². The summed E-state index contributed by atoms with van der Waals surface area (Å²) in [5.41, 5.74) is 1.24. The molecule has 0 bridgehead atoms. The summed E-state index contributed by atoms with van der Waals surface area (Å²) in [4.78, 5) is 3.79. The lowest BCUT2D eigenvalue weighted by Crippen LogP contribution is -2.34. The number of pyridine rings is 1. The molecule has 0 saturated carbocycles. The van der Waals surface area contributed by atoms with Crippen molar-refractivity contribution in [1.82, 2.24) is 9.29 Å². The number of ether oxygens (including phenoxy) is 1. The van der Waals surface area contributed by atoms with Crippen LogP contribution in [0.3, 0.4) is 0 Å². The molecule has 0 aliphatic rings. The number of aryl methyl sites for hydroxylation is 1. The smallest absolute Gasteiger partial charge is 0.246 e. The lowest BCUT2D eigenvalue weighted by atomic mass is 10.2. The maximum Gasteiger partial charge on any atom is 0.246 e. The lowest BCUT2D eigenvalue weighted by molar-refractivity contribution is 0.177. The molecule has 1 aromatic heterocycles. The Hall–Kier alpha value is -1.83. The van der Waals surface area contributed by atoms with E-state index in [1.54, 1.807) is 37.4 Å². The van der Waals surface area contributed by atoms with Gasteiger partial charge in [0.1, 0.15) is 10.7 Å². The Morgan fingerprint density at radius 2 is 2.04 bits per heavy atom. The molecule has 0 aliphatic carbocycles. The van der Waals surface area contributed by atoms with Gasteiger partial charge in [-0.3, -0.25) is 4.98 Å². The van der Waals surface area contributed by atoms with E-state index in [0.29, 0.717) is 11.3 Å². The lowest BCUT2D eigenvalue weighted by Gasteiger charge is -2.22. The predicted octanol–water partition coefficient (Wildman–Crippen LogP) is 2.37. The van der Waals surface area contributed by atoms with Crippen LogP contribution in [-0.4, -0.2) is 38.0 Å². The van der Waals surface area contributed by atoms with Crippen LogP contribution in [0.4, 0.5) is 4.39 Å². The molecule has 0 amide bonds.